The Bertz CT molecular complexity index is 1490. The smallest absolute Gasteiger partial charge is 0.336 e. The van der Waals surface area contributed by atoms with E-state index in [0.717, 1.165) is 22.0 Å². The topological polar surface area (TPSA) is 130 Å². The molecule has 0 aliphatic rings. The van der Waals surface area contributed by atoms with Crippen LogP contribution in [0.25, 0.3) is 22.0 Å². The van der Waals surface area contributed by atoms with Crippen molar-refractivity contribution < 1.29 is 19.4 Å². The van der Waals surface area contributed by atoms with Gasteiger partial charge in [-0.3, -0.25) is 10.2 Å². The van der Waals surface area contributed by atoms with Crippen molar-refractivity contribution in [1.29, 1.82) is 5.41 Å². The summed E-state index contributed by atoms with van der Waals surface area (Å²) in [6, 6.07) is 15.8. The Balaban J connectivity index is 1.89. The zero-order valence-corrected chi connectivity index (χ0v) is 19.7. The second kappa shape index (κ2) is 9.34. The van der Waals surface area contributed by atoms with Gasteiger partial charge in [-0.05, 0) is 58.7 Å². The van der Waals surface area contributed by atoms with Crippen LogP contribution in [-0.2, 0) is 13.5 Å². The van der Waals surface area contributed by atoms with Crippen LogP contribution in [0.5, 0.6) is 5.75 Å². The number of fused-ring (bicyclic) bond motifs is 1. The van der Waals surface area contributed by atoms with Crippen molar-refractivity contribution in [2.75, 3.05) is 14.2 Å². The lowest BCUT2D eigenvalue weighted by atomic mass is 9.90. The third-order valence-electron chi connectivity index (χ3n) is 6.11. The molecule has 1 amide bonds. The predicted molar refractivity (Wildman–Crippen MR) is 136 cm³/mol. The zero-order chi connectivity index (χ0) is 25.3. The number of methoxy groups -OCH3 is 1. The fourth-order valence-corrected chi connectivity index (χ4v) is 4.31. The molecule has 0 fully saturated rings. The lowest BCUT2D eigenvalue weighted by molar-refractivity contribution is 0.0697. The summed E-state index contributed by atoms with van der Waals surface area (Å²) < 4.78 is 7.20. The Morgan fingerprint density at radius 2 is 1.77 bits per heavy atom. The number of carboxylic acids is 1. The number of aryl methyl sites for hydroxylation is 1. The molecule has 0 radical (unpaired) electrons. The number of carboxylic acid groups (broad SMARTS) is 1. The van der Waals surface area contributed by atoms with Gasteiger partial charge in [0.25, 0.3) is 5.91 Å². The molecule has 8 heteroatoms. The van der Waals surface area contributed by atoms with E-state index in [2.05, 4.69) is 5.32 Å². The SMILES string of the molecule is CNC(=O)c1ccc(Cc2cn(C)c3cc(C(=N)N)ccc23)c(-c2ccc(OC)cc2C(=O)O)c1. The van der Waals surface area contributed by atoms with Crippen molar-refractivity contribution in [2.24, 2.45) is 12.8 Å². The predicted octanol–water partition coefficient (Wildman–Crippen LogP) is 3.79. The van der Waals surface area contributed by atoms with Crippen molar-refractivity contribution in [2.45, 2.75) is 6.42 Å². The normalized spacial score (nSPS) is 10.8. The van der Waals surface area contributed by atoms with Crippen molar-refractivity contribution in [1.82, 2.24) is 9.88 Å². The molecule has 0 atom stereocenters. The van der Waals surface area contributed by atoms with E-state index in [-0.39, 0.29) is 17.3 Å². The standard InChI is InChI=1S/C27H26N4O4/c1-30-26(32)17-5-4-15(22(11-17)21-9-7-19(35-3)13-23(21)27(33)34)10-18-14-31(2)24-12-16(25(28)29)6-8-20(18)24/h4-9,11-14H,10H2,1-3H3,(H3,28,29)(H,30,32)(H,33,34). The molecule has 0 aliphatic heterocycles. The summed E-state index contributed by atoms with van der Waals surface area (Å²) in [6.45, 7) is 0. The Morgan fingerprint density at radius 3 is 2.43 bits per heavy atom. The van der Waals surface area contributed by atoms with Crippen LogP contribution in [0.3, 0.4) is 0 Å². The number of aromatic nitrogens is 1. The van der Waals surface area contributed by atoms with Gasteiger partial charge in [0.2, 0.25) is 0 Å². The average molecular weight is 471 g/mol. The molecule has 0 spiro atoms. The van der Waals surface area contributed by atoms with Gasteiger partial charge < -0.3 is 25.5 Å². The fourth-order valence-electron chi connectivity index (χ4n) is 4.31. The highest BCUT2D eigenvalue weighted by atomic mass is 16.5. The third-order valence-corrected chi connectivity index (χ3v) is 6.11. The Kier molecular flexibility index (Phi) is 6.29. The molecule has 4 rings (SSSR count). The van der Waals surface area contributed by atoms with Gasteiger partial charge in [-0.25, -0.2) is 4.79 Å². The number of carbonyl (C=O) groups excluding carboxylic acids is 1. The summed E-state index contributed by atoms with van der Waals surface area (Å²) in [5, 5.41) is 21.3. The monoisotopic (exact) mass is 470 g/mol. The number of aromatic carboxylic acids is 1. The zero-order valence-electron chi connectivity index (χ0n) is 19.7. The molecule has 1 aromatic heterocycles. The van der Waals surface area contributed by atoms with Crippen LogP contribution < -0.4 is 15.8 Å². The minimum Gasteiger partial charge on any atom is -0.497 e. The van der Waals surface area contributed by atoms with E-state index in [1.807, 2.05) is 42.1 Å². The minimum atomic E-state index is -1.09. The van der Waals surface area contributed by atoms with Gasteiger partial charge in [0, 0.05) is 48.7 Å². The van der Waals surface area contributed by atoms with E-state index in [1.165, 1.54) is 13.2 Å². The highest BCUT2D eigenvalue weighted by molar-refractivity contribution is 6.01. The van der Waals surface area contributed by atoms with Crippen molar-refractivity contribution in [3.63, 3.8) is 0 Å². The second-order valence-electron chi connectivity index (χ2n) is 8.26. The Labute approximate surface area is 202 Å². The highest BCUT2D eigenvalue weighted by Crippen LogP contribution is 2.34. The van der Waals surface area contributed by atoms with Gasteiger partial charge in [-0.2, -0.15) is 0 Å². The van der Waals surface area contributed by atoms with Gasteiger partial charge in [0.05, 0.1) is 12.7 Å². The summed E-state index contributed by atoms with van der Waals surface area (Å²) >= 11 is 0. The molecule has 0 bridgehead atoms. The Hall–Kier alpha value is -4.59. The van der Waals surface area contributed by atoms with Crippen LogP contribution in [0.2, 0.25) is 0 Å². The van der Waals surface area contributed by atoms with E-state index < -0.39 is 5.97 Å². The third kappa shape index (κ3) is 4.46. The van der Waals surface area contributed by atoms with E-state index in [0.29, 0.717) is 34.4 Å². The molecule has 0 saturated carbocycles. The largest absolute Gasteiger partial charge is 0.497 e. The molecule has 1 heterocycles. The minimum absolute atomic E-state index is 0.00225. The van der Waals surface area contributed by atoms with Gasteiger partial charge in [-0.15, -0.1) is 0 Å². The lowest BCUT2D eigenvalue weighted by Crippen LogP contribution is -2.18. The van der Waals surface area contributed by atoms with Crippen LogP contribution >= 0.6 is 0 Å². The first kappa shape index (κ1) is 23.6. The fraction of sp³-hybridized carbons (Fsp3) is 0.148. The van der Waals surface area contributed by atoms with Crippen molar-refractivity contribution in [3.8, 4) is 16.9 Å². The number of amides is 1. The number of rotatable bonds is 7. The van der Waals surface area contributed by atoms with Gasteiger partial charge >= 0.3 is 5.97 Å². The molecule has 35 heavy (non-hydrogen) atoms. The number of nitrogens with two attached hydrogens (primary N) is 1. The number of carbonyl (C=O) groups is 2. The molecule has 3 aromatic carbocycles. The maximum absolute atomic E-state index is 12.4. The van der Waals surface area contributed by atoms with Gasteiger partial charge in [-0.1, -0.05) is 18.2 Å². The molecule has 178 valence electrons. The van der Waals surface area contributed by atoms with Crippen LogP contribution in [0, 0.1) is 5.41 Å². The Morgan fingerprint density at radius 1 is 1.03 bits per heavy atom. The number of ether oxygens (including phenoxy) is 1. The summed E-state index contributed by atoms with van der Waals surface area (Å²) in [7, 11) is 4.96. The van der Waals surface area contributed by atoms with E-state index in [9.17, 15) is 14.7 Å². The van der Waals surface area contributed by atoms with Crippen LogP contribution in [0.1, 0.15) is 37.4 Å². The molecule has 4 aromatic rings. The maximum atomic E-state index is 12.4. The van der Waals surface area contributed by atoms with E-state index in [1.54, 1.807) is 31.3 Å². The summed E-state index contributed by atoms with van der Waals surface area (Å²) in [5.41, 5.74) is 10.8. The summed E-state index contributed by atoms with van der Waals surface area (Å²) in [6.07, 6.45) is 2.52. The number of nitrogens with one attached hydrogen (secondary N) is 2. The number of hydrogen-bond donors (Lipinski definition) is 4. The number of nitrogens with zero attached hydrogens (tertiary/aromatic N) is 1. The first-order valence-corrected chi connectivity index (χ1v) is 10.9. The summed E-state index contributed by atoms with van der Waals surface area (Å²) in [4.78, 5) is 24.5. The number of nitrogen functional groups attached to an aromatic ring is 1. The van der Waals surface area contributed by atoms with Gasteiger partial charge in [0.1, 0.15) is 11.6 Å². The highest BCUT2D eigenvalue weighted by Gasteiger charge is 2.19. The van der Waals surface area contributed by atoms with Gasteiger partial charge in [0.15, 0.2) is 0 Å². The molecule has 0 aliphatic carbocycles. The van der Waals surface area contributed by atoms with Crippen LogP contribution in [0.4, 0.5) is 0 Å². The van der Waals surface area contributed by atoms with Crippen molar-refractivity contribution in [3.05, 3.63) is 88.6 Å². The quantitative estimate of drug-likeness (QED) is 0.241. The number of hydrogen-bond acceptors (Lipinski definition) is 4. The van der Waals surface area contributed by atoms with Crippen LogP contribution in [0.15, 0.2) is 60.8 Å². The van der Waals surface area contributed by atoms with Crippen LogP contribution in [-0.4, -0.2) is 41.5 Å². The molecule has 5 N–H and O–H groups in total. The maximum Gasteiger partial charge on any atom is 0.336 e. The molecule has 0 saturated heterocycles. The van der Waals surface area contributed by atoms with E-state index in [4.69, 9.17) is 15.9 Å². The molecular formula is C27H26N4O4. The molecule has 8 nitrogen and oxygen atoms in total. The first-order chi connectivity index (χ1) is 16.7. The average Bonchev–Trinajstić information content (AvgIpc) is 3.17. The molecule has 0 unspecified atom stereocenters. The second-order valence-corrected chi connectivity index (χ2v) is 8.26. The molecular weight excluding hydrogens is 444 g/mol. The number of benzene rings is 3. The first-order valence-electron chi connectivity index (χ1n) is 10.9. The van der Waals surface area contributed by atoms with E-state index >= 15 is 0 Å². The van der Waals surface area contributed by atoms with Crippen molar-refractivity contribution >= 4 is 28.6 Å². The lowest BCUT2D eigenvalue weighted by Gasteiger charge is -2.15. The summed E-state index contributed by atoms with van der Waals surface area (Å²) in [5.74, 6) is -0.907. The number of amidine groups is 1.